The maximum atomic E-state index is 5.93. The Hall–Kier alpha value is -1.25. The van der Waals surface area contributed by atoms with Crippen LogP contribution in [-0.2, 0) is 0 Å². The van der Waals surface area contributed by atoms with E-state index >= 15 is 0 Å². The fourth-order valence-electron chi connectivity index (χ4n) is 1.71. The fourth-order valence-corrected chi connectivity index (χ4v) is 2.68. The summed E-state index contributed by atoms with van der Waals surface area (Å²) in [5, 5.41) is 0.762. The highest BCUT2D eigenvalue weighted by Gasteiger charge is 2.15. The van der Waals surface area contributed by atoms with Gasteiger partial charge in [0, 0.05) is 5.02 Å². The summed E-state index contributed by atoms with van der Waals surface area (Å²) in [5.41, 5.74) is 2.34. The van der Waals surface area contributed by atoms with Crippen LogP contribution < -0.4 is 4.43 Å². The third-order valence-electron chi connectivity index (χ3n) is 2.46. The molecule has 0 saturated carbocycles. The zero-order valence-corrected chi connectivity index (χ0v) is 12.7. The molecular formula is C15H17ClOSi. The predicted octanol–water partition coefficient (Wildman–Crippen LogP) is 5.22. The Bertz CT molecular complexity index is 512. The molecule has 2 aromatic carbocycles. The van der Waals surface area contributed by atoms with Crippen LogP contribution in [0.1, 0.15) is 0 Å². The van der Waals surface area contributed by atoms with Crippen LogP contribution in [0.15, 0.2) is 48.5 Å². The molecule has 0 atom stereocenters. The van der Waals surface area contributed by atoms with Crippen LogP contribution in [0.4, 0.5) is 0 Å². The van der Waals surface area contributed by atoms with Gasteiger partial charge in [-0.15, -0.1) is 0 Å². The van der Waals surface area contributed by atoms with Gasteiger partial charge in [0.2, 0.25) is 8.32 Å². The molecule has 94 valence electrons. The molecule has 0 aliphatic rings. The van der Waals surface area contributed by atoms with Gasteiger partial charge in [-0.25, -0.2) is 0 Å². The molecule has 3 heteroatoms. The predicted molar refractivity (Wildman–Crippen MR) is 80.9 cm³/mol. The first-order chi connectivity index (χ1) is 8.44. The maximum Gasteiger partial charge on any atom is 0.242 e. The third-order valence-corrected chi connectivity index (χ3v) is 3.56. The van der Waals surface area contributed by atoms with Crippen LogP contribution in [0.25, 0.3) is 11.1 Å². The van der Waals surface area contributed by atoms with Gasteiger partial charge in [-0.05, 0) is 55.0 Å². The first kappa shape index (κ1) is 13.2. The average Bonchev–Trinajstić information content (AvgIpc) is 2.29. The second kappa shape index (κ2) is 5.17. The summed E-state index contributed by atoms with van der Waals surface area (Å²) in [4.78, 5) is 0. The lowest BCUT2D eigenvalue weighted by Crippen LogP contribution is -2.29. The monoisotopic (exact) mass is 276 g/mol. The lowest BCUT2D eigenvalue weighted by atomic mass is 10.1. The standard InChI is InChI=1S/C15H17ClOSi/c1-18(2,3)17-15-10-6-13(7-11-15)12-4-8-14(16)9-5-12/h4-11H,1-3H3. The lowest BCUT2D eigenvalue weighted by molar-refractivity contribution is 0.558. The first-order valence-corrected chi connectivity index (χ1v) is 9.78. The fraction of sp³-hybridized carbons (Fsp3) is 0.200. The topological polar surface area (TPSA) is 9.23 Å². The van der Waals surface area contributed by atoms with E-state index in [1.807, 2.05) is 36.4 Å². The van der Waals surface area contributed by atoms with Gasteiger partial charge in [-0.1, -0.05) is 35.9 Å². The van der Waals surface area contributed by atoms with E-state index in [2.05, 4.69) is 31.8 Å². The summed E-state index contributed by atoms with van der Waals surface area (Å²) in [5.74, 6) is 0.951. The van der Waals surface area contributed by atoms with Crippen molar-refractivity contribution in [2.75, 3.05) is 0 Å². The molecule has 0 aliphatic heterocycles. The number of hydrogen-bond acceptors (Lipinski definition) is 1. The highest BCUT2D eigenvalue weighted by atomic mass is 35.5. The minimum absolute atomic E-state index is 0.762. The summed E-state index contributed by atoms with van der Waals surface area (Å²) >= 11 is 5.88. The van der Waals surface area contributed by atoms with Crippen molar-refractivity contribution < 1.29 is 4.43 Å². The van der Waals surface area contributed by atoms with E-state index in [0.29, 0.717) is 0 Å². The smallest absolute Gasteiger partial charge is 0.242 e. The van der Waals surface area contributed by atoms with Crippen LogP contribution in [0.5, 0.6) is 5.75 Å². The van der Waals surface area contributed by atoms with Gasteiger partial charge in [-0.2, -0.15) is 0 Å². The summed E-state index contributed by atoms with van der Waals surface area (Å²) in [6.07, 6.45) is 0. The molecule has 18 heavy (non-hydrogen) atoms. The second-order valence-corrected chi connectivity index (χ2v) is 10.1. The Labute approximate surface area is 115 Å². The number of rotatable bonds is 3. The molecule has 0 aromatic heterocycles. The summed E-state index contributed by atoms with van der Waals surface area (Å²) in [6, 6.07) is 16.1. The van der Waals surface area contributed by atoms with Crippen LogP contribution in [-0.4, -0.2) is 8.32 Å². The SMILES string of the molecule is C[Si](C)(C)Oc1ccc(-c2ccc(Cl)cc2)cc1. The van der Waals surface area contributed by atoms with Crippen molar-refractivity contribution in [1.29, 1.82) is 0 Å². The molecule has 2 rings (SSSR count). The van der Waals surface area contributed by atoms with Gasteiger partial charge in [0.25, 0.3) is 0 Å². The van der Waals surface area contributed by atoms with Crippen molar-refractivity contribution in [3.05, 3.63) is 53.6 Å². The summed E-state index contributed by atoms with van der Waals surface area (Å²) in [6.45, 7) is 6.54. The van der Waals surface area contributed by atoms with Crippen molar-refractivity contribution in [1.82, 2.24) is 0 Å². The molecule has 0 radical (unpaired) electrons. The van der Waals surface area contributed by atoms with E-state index in [9.17, 15) is 0 Å². The zero-order valence-electron chi connectivity index (χ0n) is 10.9. The van der Waals surface area contributed by atoms with E-state index in [1.165, 1.54) is 11.1 Å². The summed E-state index contributed by atoms with van der Waals surface area (Å²) in [7, 11) is -1.52. The second-order valence-electron chi connectivity index (χ2n) is 5.25. The van der Waals surface area contributed by atoms with Crippen molar-refractivity contribution in [2.24, 2.45) is 0 Å². The van der Waals surface area contributed by atoms with Crippen molar-refractivity contribution in [2.45, 2.75) is 19.6 Å². The molecule has 1 nitrogen and oxygen atoms in total. The van der Waals surface area contributed by atoms with Gasteiger partial charge in [0.15, 0.2) is 0 Å². The van der Waals surface area contributed by atoms with Crippen LogP contribution in [0.2, 0.25) is 24.7 Å². The Morgan fingerprint density at radius 3 is 1.67 bits per heavy atom. The average molecular weight is 277 g/mol. The van der Waals surface area contributed by atoms with E-state index in [1.54, 1.807) is 0 Å². The largest absolute Gasteiger partial charge is 0.544 e. The first-order valence-electron chi connectivity index (χ1n) is 5.99. The van der Waals surface area contributed by atoms with Crippen LogP contribution in [0.3, 0.4) is 0 Å². The van der Waals surface area contributed by atoms with Gasteiger partial charge in [-0.3, -0.25) is 0 Å². The zero-order chi connectivity index (χ0) is 13.2. The Morgan fingerprint density at radius 1 is 0.778 bits per heavy atom. The molecule has 0 bridgehead atoms. The Morgan fingerprint density at radius 2 is 1.22 bits per heavy atom. The van der Waals surface area contributed by atoms with E-state index in [4.69, 9.17) is 16.0 Å². The molecule has 0 aliphatic carbocycles. The lowest BCUT2D eigenvalue weighted by Gasteiger charge is -2.19. The molecule has 0 heterocycles. The normalized spacial score (nSPS) is 11.3. The van der Waals surface area contributed by atoms with Crippen molar-refractivity contribution >= 4 is 19.9 Å². The van der Waals surface area contributed by atoms with E-state index in [-0.39, 0.29) is 0 Å². The molecule has 0 fully saturated rings. The molecule has 0 amide bonds. The highest BCUT2D eigenvalue weighted by Crippen LogP contribution is 2.25. The maximum absolute atomic E-state index is 5.93. The number of hydrogen-bond donors (Lipinski definition) is 0. The van der Waals surface area contributed by atoms with Gasteiger partial charge in [0.1, 0.15) is 5.75 Å². The minimum atomic E-state index is -1.52. The van der Waals surface area contributed by atoms with Gasteiger partial charge in [0.05, 0.1) is 0 Å². The molecule has 0 spiro atoms. The van der Waals surface area contributed by atoms with Crippen LogP contribution in [0, 0.1) is 0 Å². The molecule has 2 aromatic rings. The summed E-state index contributed by atoms with van der Waals surface area (Å²) < 4.78 is 5.93. The van der Waals surface area contributed by atoms with Gasteiger partial charge < -0.3 is 4.43 Å². The molecule has 0 N–H and O–H groups in total. The Balaban J connectivity index is 2.20. The quantitative estimate of drug-likeness (QED) is 0.698. The Kier molecular flexibility index (Phi) is 3.78. The molecule has 0 unspecified atom stereocenters. The third kappa shape index (κ3) is 3.62. The van der Waals surface area contributed by atoms with E-state index < -0.39 is 8.32 Å². The van der Waals surface area contributed by atoms with Gasteiger partial charge >= 0.3 is 0 Å². The minimum Gasteiger partial charge on any atom is -0.544 e. The van der Waals surface area contributed by atoms with Crippen LogP contribution >= 0.6 is 11.6 Å². The van der Waals surface area contributed by atoms with Crippen molar-refractivity contribution in [3.63, 3.8) is 0 Å². The van der Waals surface area contributed by atoms with Crippen molar-refractivity contribution in [3.8, 4) is 16.9 Å². The number of benzene rings is 2. The molecular weight excluding hydrogens is 260 g/mol. The number of halogens is 1. The molecule has 0 saturated heterocycles. The highest BCUT2D eigenvalue weighted by molar-refractivity contribution is 6.70. The van der Waals surface area contributed by atoms with E-state index in [0.717, 1.165) is 10.8 Å².